The van der Waals surface area contributed by atoms with Crippen LogP contribution in [0.4, 0.5) is 33.9 Å². The lowest BCUT2D eigenvalue weighted by Crippen LogP contribution is -2.15. The number of halogens is 2. The summed E-state index contributed by atoms with van der Waals surface area (Å²) in [4.78, 5) is 108. The number of aromatic nitrogens is 26. The van der Waals surface area contributed by atoms with E-state index in [1.807, 2.05) is 156 Å². The highest BCUT2D eigenvalue weighted by atomic mass is 35.5. The monoisotopic (exact) mass is 1990 g/mol. The summed E-state index contributed by atoms with van der Waals surface area (Å²) in [5.74, 6) is 3.99. The molecule has 144 heavy (non-hydrogen) atoms. The molecule has 0 spiro atoms. The molecule has 0 atom stereocenters. The van der Waals surface area contributed by atoms with Crippen LogP contribution in [-0.4, -0.2) is 194 Å². The first-order valence-corrected chi connectivity index (χ1v) is 46.7. The molecular formula is C99H90Cl2N32O10S. The molecule has 5 aromatic carbocycles. The number of sulfone groups is 1. The molecule has 1 aliphatic rings. The predicted octanol–water partition coefficient (Wildman–Crippen LogP) is 16.2. The average Bonchev–Trinajstić information content (AvgIpc) is 1.65. The summed E-state index contributed by atoms with van der Waals surface area (Å²) in [5.41, 5.74) is 24.2. The number of aryl methyl sites for hydroxylation is 5. The lowest BCUT2D eigenvalue weighted by Gasteiger charge is -2.09. The first-order valence-electron chi connectivity index (χ1n) is 44.1. The third-order valence-corrected chi connectivity index (χ3v) is 23.9. The van der Waals surface area contributed by atoms with Crippen molar-refractivity contribution in [1.29, 1.82) is 0 Å². The fourth-order valence-corrected chi connectivity index (χ4v) is 16.4. The van der Waals surface area contributed by atoms with Gasteiger partial charge in [-0.05, 0) is 112 Å². The quantitative estimate of drug-likeness (QED) is 0.0284. The third kappa shape index (κ3) is 23.1. The van der Waals surface area contributed by atoms with Crippen LogP contribution in [-0.2, 0) is 33.8 Å². The Balaban J connectivity index is 0.000000129. The highest BCUT2D eigenvalue weighted by molar-refractivity contribution is 7.90. The number of hydrogen-bond donors (Lipinski definition) is 10. The number of nitrogens with two attached hydrogens (primary N) is 1. The molecule has 0 bridgehead atoms. The summed E-state index contributed by atoms with van der Waals surface area (Å²) in [7, 11) is -0.608. The zero-order valence-electron chi connectivity index (χ0n) is 78.8. The van der Waals surface area contributed by atoms with Crippen molar-refractivity contribution in [3.63, 3.8) is 0 Å². The predicted molar refractivity (Wildman–Crippen MR) is 540 cm³/mol. The van der Waals surface area contributed by atoms with Crippen molar-refractivity contribution >= 4 is 97.8 Å². The second-order valence-corrected chi connectivity index (χ2v) is 35.3. The molecule has 45 heteroatoms. The Labute approximate surface area is 831 Å². The molecule has 14 heterocycles. The summed E-state index contributed by atoms with van der Waals surface area (Å²) in [6, 6.07) is 47.5. The second kappa shape index (κ2) is 43.7. The molecule has 19 aromatic rings. The van der Waals surface area contributed by atoms with Gasteiger partial charge in [-0.25, -0.2) is 76.8 Å². The average molecular weight is 1990 g/mol. The Kier molecular flexibility index (Phi) is 29.9. The number of anilines is 5. The maximum Gasteiger partial charge on any atom is 0.412 e. The number of hydrogen-bond acceptors (Lipinski definition) is 27. The minimum atomic E-state index is -3.52. The van der Waals surface area contributed by atoms with E-state index in [4.69, 9.17) is 54.1 Å². The van der Waals surface area contributed by atoms with Crippen molar-refractivity contribution in [2.24, 2.45) is 11.7 Å². The van der Waals surface area contributed by atoms with Crippen LogP contribution in [0.2, 0.25) is 10.0 Å². The van der Waals surface area contributed by atoms with Gasteiger partial charge in [-0.2, -0.15) is 40.8 Å². The number of primary amides is 1. The van der Waals surface area contributed by atoms with Crippen molar-refractivity contribution in [2.75, 3.05) is 47.1 Å². The van der Waals surface area contributed by atoms with Crippen LogP contribution >= 0.6 is 23.2 Å². The number of nitrogens with one attached hydrogen (secondary N) is 9. The lowest BCUT2D eigenvalue weighted by molar-refractivity contribution is -0.117. The molecule has 6 amide bonds. The Hall–Kier alpha value is -18.5. The number of aromatic amines is 4. The van der Waals surface area contributed by atoms with Crippen LogP contribution < -0.4 is 37.1 Å². The molecule has 0 saturated heterocycles. The molecule has 0 radical (unpaired) electrons. The number of amides is 6. The van der Waals surface area contributed by atoms with Crippen molar-refractivity contribution < 1.29 is 46.7 Å². The molecule has 20 rings (SSSR count). The van der Waals surface area contributed by atoms with Crippen LogP contribution in [0.5, 0.6) is 5.75 Å². The number of nitrogens with zero attached hydrogens (tertiary/aromatic N) is 22. The van der Waals surface area contributed by atoms with Gasteiger partial charge in [0, 0.05) is 165 Å². The first kappa shape index (κ1) is 98.5. The van der Waals surface area contributed by atoms with Gasteiger partial charge < -0.3 is 41.0 Å². The van der Waals surface area contributed by atoms with Crippen LogP contribution in [0.3, 0.4) is 0 Å². The molecule has 1 saturated carbocycles. The number of H-pyrrole nitrogens is 4. The van der Waals surface area contributed by atoms with Crippen molar-refractivity contribution in [3.05, 3.63) is 295 Å². The molecule has 14 aromatic heterocycles. The lowest BCUT2D eigenvalue weighted by atomic mass is 10.0. The molecule has 1 fully saturated rings. The van der Waals surface area contributed by atoms with E-state index < -0.39 is 21.8 Å². The van der Waals surface area contributed by atoms with E-state index in [0.717, 1.165) is 120 Å². The maximum atomic E-state index is 12.2. The van der Waals surface area contributed by atoms with E-state index >= 15 is 0 Å². The molecule has 11 N–H and O–H groups in total. The number of rotatable bonds is 23. The summed E-state index contributed by atoms with van der Waals surface area (Å²) < 4.78 is 43.1. The highest BCUT2D eigenvalue weighted by Gasteiger charge is 2.31. The third-order valence-electron chi connectivity index (χ3n) is 22.1. The molecular weight excluding hydrogens is 1900 g/mol. The van der Waals surface area contributed by atoms with Gasteiger partial charge in [-0.3, -0.25) is 49.7 Å². The molecule has 726 valence electrons. The molecule has 0 aliphatic heterocycles. The standard InChI is InChI=1S/C21H18ClN7O.C20H19N7O2.C20H19N7O.C19H16ClN7O2.C19H18N4O4S/c1-12-9-23-18(26-21(30)13-6-7-13)8-17(12)29-10-15(20-24-11-25-27-20)19(28-29)14-4-2-3-5-16(14)22;1-12-9-21-18(24-13(2)28)8-16(12)27-10-15(20-22-11-23-25-20)19(26-27)14-6-4-5-7-17(14)29-3;1-12-6-4-5-7-15(12)19-16(20-22-11-23-25-20)10-27(26-19)17-8-18(24-14(3)28)21-9-13(17)2;1-11-8-21-16(24-19(28)29-2)7-15(11)27-9-13(18-22-10-23-25-18)17(26-27)12-5-3-4-6-14(12)20;1-12(24)22-18-9-13(7-8-21-18)23-10-15(16(11-23)19(20)25)14-5-3-4-6-17(14)28(2,26)27/h2-5,8-11,13H,6-7H2,1H3,(H,23,26,30)(H,24,25,27);4-11H,1-3H3,(H,21,24,28)(H,22,23,25);4-11H,1-3H3,(H,21,24,28)(H,22,23,25);3-10H,1-2H3,(H,21,24,28)(H,22,23,25);3-11H,1-2H3,(H2,20,25)(H,21,22,24). The zero-order chi connectivity index (χ0) is 102. The minimum Gasteiger partial charge on any atom is -0.496 e. The van der Waals surface area contributed by atoms with E-state index in [0.29, 0.717) is 102 Å². The zero-order valence-corrected chi connectivity index (χ0v) is 81.2. The summed E-state index contributed by atoms with van der Waals surface area (Å²) in [5, 5.41) is 61.2. The van der Waals surface area contributed by atoms with Crippen molar-refractivity contribution in [3.8, 4) is 136 Å². The topological polar surface area (TPSA) is 548 Å². The largest absolute Gasteiger partial charge is 0.496 e. The Morgan fingerprint density at radius 3 is 1.13 bits per heavy atom. The second-order valence-electron chi connectivity index (χ2n) is 32.5. The first-order chi connectivity index (χ1) is 69.4. The number of carbonyl (C=O) groups excluding carboxylic acids is 6. The van der Waals surface area contributed by atoms with Crippen molar-refractivity contribution in [1.82, 2.24) is 129 Å². The van der Waals surface area contributed by atoms with Gasteiger partial charge in [0.15, 0.2) is 33.1 Å². The summed E-state index contributed by atoms with van der Waals surface area (Å²) in [6.07, 6.45) is 27.1. The Morgan fingerprint density at radius 1 is 0.396 bits per heavy atom. The normalized spacial score (nSPS) is 11.4. The number of pyridine rings is 5. The van der Waals surface area contributed by atoms with E-state index in [1.165, 1.54) is 71.7 Å². The number of benzene rings is 5. The van der Waals surface area contributed by atoms with E-state index in [-0.39, 0.29) is 40.0 Å². The Bertz CT molecular complexity index is 8070. The van der Waals surface area contributed by atoms with E-state index in [9.17, 15) is 37.2 Å². The van der Waals surface area contributed by atoms with Gasteiger partial charge in [-0.1, -0.05) is 114 Å². The smallest absolute Gasteiger partial charge is 0.412 e. The maximum absolute atomic E-state index is 12.2. The van der Waals surface area contributed by atoms with Gasteiger partial charge >= 0.3 is 6.09 Å². The fraction of sp³-hybridized carbons (Fsp3) is 0.141. The van der Waals surface area contributed by atoms with Gasteiger partial charge in [0.05, 0.1) is 85.4 Å². The van der Waals surface area contributed by atoms with E-state index in [2.05, 4.69) is 117 Å². The van der Waals surface area contributed by atoms with Crippen LogP contribution in [0.25, 0.3) is 130 Å². The highest BCUT2D eigenvalue weighted by Crippen LogP contribution is 2.42. The molecule has 42 nitrogen and oxygen atoms in total. The van der Waals surface area contributed by atoms with Crippen molar-refractivity contribution in [2.45, 2.75) is 73.1 Å². The van der Waals surface area contributed by atoms with E-state index in [1.54, 1.807) is 116 Å². The minimum absolute atomic E-state index is 0.0110. The number of para-hydroxylation sites is 1. The van der Waals surface area contributed by atoms with Gasteiger partial charge in [0.1, 0.15) is 82.9 Å². The van der Waals surface area contributed by atoms with Gasteiger partial charge in [-0.15, -0.1) is 0 Å². The van der Waals surface area contributed by atoms with Gasteiger partial charge in [0.2, 0.25) is 23.6 Å². The Morgan fingerprint density at radius 2 is 0.757 bits per heavy atom. The number of carbonyl (C=O) groups is 6. The number of methoxy groups -OCH3 is 2. The van der Waals surface area contributed by atoms with Crippen LogP contribution in [0.15, 0.2) is 256 Å². The van der Waals surface area contributed by atoms with Gasteiger partial charge in [0.25, 0.3) is 5.91 Å². The summed E-state index contributed by atoms with van der Waals surface area (Å²) >= 11 is 12.9. The van der Waals surface area contributed by atoms with Crippen LogP contribution in [0, 0.1) is 40.5 Å². The SMILES string of the molecule is CC(=O)Nc1cc(-n2cc(-c3ncn[nH]3)c(-c3ccccc3C)n2)c(C)cn1.CC(=O)Nc1cc(-n2cc(C(N)=O)c(-c3ccccc3S(C)(=O)=O)c2)ccn1.COC(=O)Nc1cc(-n2cc(-c3ncn[nH]3)c(-c3ccccc3Cl)n2)c(C)cn1.COc1ccccc1-c1nn(-c2cc(NC(C)=O)ncc2C)cc1-c1ncn[nH]1.Cc1cnc(NC(=O)C2CC2)cc1-n1cc(-c2ncn[nH]2)c(-c2ccccc2Cl)n1. The fourth-order valence-electron chi connectivity index (χ4n) is 15.1. The van der Waals surface area contributed by atoms with Crippen LogP contribution in [0.1, 0.15) is 71.8 Å². The summed E-state index contributed by atoms with van der Waals surface area (Å²) in [6.45, 7) is 14.0. The molecule has 0 unspecified atom stereocenters. The number of ether oxygens (including phenoxy) is 2. The molecule has 1 aliphatic carbocycles.